The van der Waals surface area contributed by atoms with Crippen LogP contribution in [0.4, 0.5) is 0 Å². The number of hydrogen-bond donors (Lipinski definition) is 0. The van der Waals surface area contributed by atoms with E-state index in [2.05, 4.69) is 261 Å². The van der Waals surface area contributed by atoms with Crippen molar-refractivity contribution in [1.82, 2.24) is 14.8 Å². The number of hydrogen-bond acceptors (Lipinski definition) is 3. The predicted molar refractivity (Wildman–Crippen MR) is 294 cm³/mol. The summed E-state index contributed by atoms with van der Waals surface area (Å²) in [7, 11) is 2.12. The van der Waals surface area contributed by atoms with Crippen molar-refractivity contribution in [3.05, 3.63) is 295 Å². The monoisotopic (exact) mass is 1120 g/mol. The quantitative estimate of drug-likeness (QED) is 0.148. The SMILES string of the molecule is Cc1cccc2c1-c1c(C)cccc1C2(c1[c-]c(C2(c3cc(C(C)C)ccn3)c3cccc(C)c3-c3c(C)cccc32)ccc1)c1[c-]c(C2(N3C=CN(C)[CH-]3)c3cccc(C)c3-c3c(C)cccc32)ccc1.[Pt]. The van der Waals surface area contributed by atoms with E-state index in [0.29, 0.717) is 5.92 Å². The average molecular weight is 1120 g/mol. The molecule has 73 heavy (non-hydrogen) atoms. The summed E-state index contributed by atoms with van der Waals surface area (Å²) in [5.74, 6) is 0.322. The Morgan fingerprint density at radius 1 is 0.438 bits per heavy atom. The minimum Gasteiger partial charge on any atom is -0.511 e. The number of fused-ring (bicyclic) bond motifs is 9. The molecular weight excluding hydrogens is 1070 g/mol. The molecule has 1 aromatic heterocycles. The summed E-state index contributed by atoms with van der Waals surface area (Å²) in [6, 6.07) is 68.5. The zero-order valence-corrected chi connectivity index (χ0v) is 45.3. The van der Waals surface area contributed by atoms with E-state index in [-0.39, 0.29) is 21.1 Å². The smallest absolute Gasteiger partial charge is 0.0686 e. The van der Waals surface area contributed by atoms with E-state index >= 15 is 0 Å². The number of benzene rings is 8. The van der Waals surface area contributed by atoms with Gasteiger partial charge in [0.1, 0.15) is 0 Å². The molecule has 9 aromatic rings. The normalized spacial score (nSPS) is 15.6. The molecule has 0 saturated heterocycles. The van der Waals surface area contributed by atoms with Crippen LogP contribution in [0.3, 0.4) is 0 Å². The van der Waals surface area contributed by atoms with Crippen LogP contribution < -0.4 is 0 Å². The van der Waals surface area contributed by atoms with E-state index in [1.54, 1.807) is 0 Å². The fourth-order valence-corrected chi connectivity index (χ4v) is 13.9. The van der Waals surface area contributed by atoms with E-state index in [1.165, 1.54) is 106 Å². The van der Waals surface area contributed by atoms with Crippen LogP contribution in [-0.2, 0) is 37.4 Å². The van der Waals surface area contributed by atoms with Gasteiger partial charge in [-0.1, -0.05) is 123 Å². The summed E-state index contributed by atoms with van der Waals surface area (Å²) < 4.78 is 0. The Kier molecular flexibility index (Phi) is 10.9. The van der Waals surface area contributed by atoms with Gasteiger partial charge in [0.2, 0.25) is 0 Å². The topological polar surface area (TPSA) is 19.4 Å². The Bertz CT molecular complexity index is 3630. The maximum absolute atomic E-state index is 5.42. The molecule has 0 fully saturated rings. The minimum atomic E-state index is -0.821. The van der Waals surface area contributed by atoms with E-state index in [4.69, 9.17) is 4.98 Å². The van der Waals surface area contributed by atoms with Crippen molar-refractivity contribution in [1.29, 1.82) is 0 Å². The maximum atomic E-state index is 5.42. The second-order valence-corrected chi connectivity index (χ2v) is 21.3. The van der Waals surface area contributed by atoms with E-state index < -0.39 is 16.4 Å². The molecule has 0 unspecified atom stereocenters. The summed E-state index contributed by atoms with van der Waals surface area (Å²) in [6.07, 6.45) is 6.43. The number of nitrogens with zero attached hydrogens (tertiary/aromatic N) is 3. The number of pyridine rings is 1. The summed E-state index contributed by atoms with van der Waals surface area (Å²) in [6.45, 7) is 20.4. The Balaban J connectivity index is 0.00000543. The van der Waals surface area contributed by atoms with Crippen molar-refractivity contribution in [2.45, 2.75) is 77.7 Å². The van der Waals surface area contributed by atoms with Crippen LogP contribution in [0.25, 0.3) is 33.4 Å². The fraction of sp³-hybridized carbons (Fsp3) is 0.188. The zero-order chi connectivity index (χ0) is 49.4. The Morgan fingerprint density at radius 2 is 0.795 bits per heavy atom. The minimum absolute atomic E-state index is 0. The molecule has 0 amide bonds. The number of aryl methyl sites for hydroxylation is 6. The molecule has 4 aliphatic rings. The first-order valence-corrected chi connectivity index (χ1v) is 25.6. The van der Waals surface area contributed by atoms with Gasteiger partial charge in [-0.05, 0) is 185 Å². The van der Waals surface area contributed by atoms with Gasteiger partial charge in [0.15, 0.2) is 0 Å². The largest absolute Gasteiger partial charge is 0.511 e. The van der Waals surface area contributed by atoms with Crippen molar-refractivity contribution in [2.75, 3.05) is 7.05 Å². The molecular formula is C69H58N3Pt-3. The van der Waals surface area contributed by atoms with E-state index in [9.17, 15) is 0 Å². The molecule has 0 bridgehead atoms. The predicted octanol–water partition coefficient (Wildman–Crippen LogP) is 15.5. The number of aromatic nitrogens is 1. The molecule has 13 rings (SSSR count). The summed E-state index contributed by atoms with van der Waals surface area (Å²) in [5.41, 5.74) is 27.2. The molecule has 362 valence electrons. The maximum Gasteiger partial charge on any atom is 0.0686 e. The first-order valence-electron chi connectivity index (χ1n) is 25.6. The molecule has 1 aliphatic heterocycles. The second-order valence-electron chi connectivity index (χ2n) is 21.3. The number of rotatable bonds is 7. The third-order valence-corrected chi connectivity index (χ3v) is 17.0. The van der Waals surface area contributed by atoms with Gasteiger partial charge in [-0.2, -0.15) is 55.2 Å². The molecule has 0 N–H and O–H groups in total. The third-order valence-electron chi connectivity index (χ3n) is 17.0. The van der Waals surface area contributed by atoms with Crippen molar-refractivity contribution >= 4 is 0 Å². The molecule has 2 heterocycles. The van der Waals surface area contributed by atoms with Gasteiger partial charge in [-0.25, -0.2) is 0 Å². The van der Waals surface area contributed by atoms with Crippen molar-refractivity contribution < 1.29 is 21.1 Å². The summed E-state index contributed by atoms with van der Waals surface area (Å²) in [4.78, 5) is 10.0. The van der Waals surface area contributed by atoms with Gasteiger partial charge in [0.05, 0.1) is 16.6 Å². The van der Waals surface area contributed by atoms with Crippen LogP contribution in [0.1, 0.15) is 120 Å². The van der Waals surface area contributed by atoms with Crippen LogP contribution in [0.2, 0.25) is 0 Å². The molecule has 3 aliphatic carbocycles. The van der Waals surface area contributed by atoms with Gasteiger partial charge in [0.25, 0.3) is 0 Å². The first kappa shape index (κ1) is 47.0. The summed E-state index contributed by atoms with van der Waals surface area (Å²) >= 11 is 0. The van der Waals surface area contributed by atoms with Crippen LogP contribution in [-0.4, -0.2) is 21.8 Å². The standard InChI is InChI=1S/C69H58N3.Pt/c1-42(2)49-34-35-70-60(38-49)68(56-30-12-20-45(5)63(56)64-46(6)21-13-31-57(64)68)52-26-16-24-50(39-52)67(54-28-10-18-43(3)61(54)62-44(4)19-11-29-55(62)67)51-25-17-27-53(40-51)69(72-37-36-71(9)41-72)58-32-14-22-47(7)65(58)66-48(8)23-15-33-59(66)69;/h10-38,41-42H,1-9H3;/q-3;. The molecule has 4 heteroatoms. The molecule has 3 nitrogen and oxygen atoms in total. The molecule has 0 spiro atoms. The van der Waals surface area contributed by atoms with Crippen LogP contribution in [0.5, 0.6) is 0 Å². The molecule has 0 saturated carbocycles. The van der Waals surface area contributed by atoms with Crippen LogP contribution in [0, 0.1) is 60.3 Å². The van der Waals surface area contributed by atoms with Crippen molar-refractivity contribution in [2.24, 2.45) is 0 Å². The van der Waals surface area contributed by atoms with Gasteiger partial charge >= 0.3 is 0 Å². The van der Waals surface area contributed by atoms with Crippen molar-refractivity contribution in [3.8, 4) is 33.4 Å². The van der Waals surface area contributed by atoms with Gasteiger partial charge < -0.3 is 9.80 Å². The van der Waals surface area contributed by atoms with Crippen molar-refractivity contribution in [3.63, 3.8) is 0 Å². The van der Waals surface area contributed by atoms with Gasteiger partial charge in [-0.15, -0.1) is 22.3 Å². The van der Waals surface area contributed by atoms with E-state index in [1.807, 2.05) is 6.20 Å². The Hall–Kier alpha value is -7.06. The van der Waals surface area contributed by atoms with Crippen LogP contribution in [0.15, 0.2) is 176 Å². The first-order chi connectivity index (χ1) is 34.9. The third kappa shape index (κ3) is 6.18. The molecule has 8 aromatic carbocycles. The average Bonchev–Trinajstić information content (AvgIpc) is 4.13. The Labute approximate surface area is 446 Å². The fourth-order valence-electron chi connectivity index (χ4n) is 13.9. The Morgan fingerprint density at radius 3 is 1.21 bits per heavy atom. The van der Waals surface area contributed by atoms with E-state index in [0.717, 1.165) is 27.9 Å². The molecule has 0 radical (unpaired) electrons. The second kappa shape index (κ2) is 17.0. The van der Waals surface area contributed by atoms with Gasteiger partial charge in [-0.3, -0.25) is 4.98 Å². The zero-order valence-electron chi connectivity index (χ0n) is 43.1. The summed E-state index contributed by atoms with van der Waals surface area (Å²) in [5, 5.41) is 0. The van der Waals surface area contributed by atoms with Crippen LogP contribution >= 0.6 is 0 Å². The van der Waals surface area contributed by atoms with Gasteiger partial charge in [0, 0.05) is 32.7 Å². The molecule has 0 atom stereocenters.